The van der Waals surface area contributed by atoms with Gasteiger partial charge in [-0.15, -0.1) is 0 Å². The van der Waals surface area contributed by atoms with Crippen LogP contribution in [0.4, 0.5) is 22.4 Å². The molecule has 0 aromatic rings. The Balaban J connectivity index is 0.000000443. The number of esters is 1. The molecular formula is C10H12F4O5. The molecule has 0 saturated carbocycles. The van der Waals surface area contributed by atoms with Gasteiger partial charge in [-0.25, -0.2) is 14.0 Å². The van der Waals surface area contributed by atoms with Gasteiger partial charge in [-0.05, 0) is 6.92 Å². The van der Waals surface area contributed by atoms with Crippen molar-refractivity contribution in [1.29, 1.82) is 0 Å². The zero-order valence-corrected chi connectivity index (χ0v) is 9.96. The van der Waals surface area contributed by atoms with E-state index in [0.717, 1.165) is 0 Å². The molecule has 1 aliphatic rings. The zero-order valence-electron chi connectivity index (χ0n) is 9.96. The maximum atomic E-state index is 12.3. The molecule has 0 aliphatic carbocycles. The monoisotopic (exact) mass is 288 g/mol. The minimum atomic E-state index is -4.69. The molecule has 1 atom stereocenters. The molecule has 0 aromatic carbocycles. The lowest BCUT2D eigenvalue weighted by Gasteiger charge is -2.11. The van der Waals surface area contributed by atoms with E-state index >= 15 is 0 Å². The highest BCUT2D eigenvalue weighted by Gasteiger charge is 2.34. The maximum Gasteiger partial charge on any atom is 0.508 e. The van der Waals surface area contributed by atoms with Crippen LogP contribution in [0.2, 0.25) is 0 Å². The minimum absolute atomic E-state index is 0.148. The zero-order chi connectivity index (χ0) is 15.1. The van der Waals surface area contributed by atoms with Gasteiger partial charge < -0.3 is 14.2 Å². The van der Waals surface area contributed by atoms with E-state index in [1.165, 1.54) is 6.92 Å². The number of hydrogen-bond donors (Lipinski definition) is 0. The second-order valence-corrected chi connectivity index (χ2v) is 3.36. The lowest BCUT2D eigenvalue weighted by atomic mass is 10.3. The first-order chi connectivity index (χ1) is 8.61. The van der Waals surface area contributed by atoms with E-state index in [9.17, 15) is 27.2 Å². The highest BCUT2D eigenvalue weighted by molar-refractivity contribution is 5.86. The van der Waals surface area contributed by atoms with E-state index in [-0.39, 0.29) is 5.57 Å². The predicted molar refractivity (Wildman–Crippen MR) is 53.8 cm³/mol. The number of carbonyl (C=O) groups excluding carboxylic acids is 2. The van der Waals surface area contributed by atoms with Crippen LogP contribution < -0.4 is 0 Å². The third kappa shape index (κ3) is 9.86. The molecule has 0 spiro atoms. The first-order valence-electron chi connectivity index (χ1n) is 4.98. The summed E-state index contributed by atoms with van der Waals surface area (Å²) in [6.45, 7) is 5.12. The number of cyclic esters (lactones) is 2. The van der Waals surface area contributed by atoms with Gasteiger partial charge in [-0.2, -0.15) is 13.2 Å². The Morgan fingerprint density at radius 1 is 1.42 bits per heavy atom. The highest BCUT2D eigenvalue weighted by atomic mass is 19.4. The summed E-state index contributed by atoms with van der Waals surface area (Å²) in [5, 5.41) is 0. The Hall–Kier alpha value is -1.80. The van der Waals surface area contributed by atoms with Crippen molar-refractivity contribution < 1.29 is 41.4 Å². The molecule has 1 saturated heterocycles. The Bertz CT molecular complexity index is 331. The van der Waals surface area contributed by atoms with Crippen molar-refractivity contribution in [3.8, 4) is 0 Å². The van der Waals surface area contributed by atoms with Crippen LogP contribution in [0.1, 0.15) is 13.3 Å². The van der Waals surface area contributed by atoms with Crippen LogP contribution in [0.5, 0.6) is 0 Å². The normalized spacial score (nSPS) is 15.5. The minimum Gasteiger partial charge on any atom is -0.431 e. The van der Waals surface area contributed by atoms with Crippen molar-refractivity contribution >= 4 is 12.1 Å². The molecule has 0 bridgehead atoms. The molecule has 1 heterocycles. The van der Waals surface area contributed by atoms with E-state index in [0.29, 0.717) is 13.2 Å². The molecule has 0 N–H and O–H groups in total. The van der Waals surface area contributed by atoms with Gasteiger partial charge in [-0.1, -0.05) is 6.58 Å². The second-order valence-electron chi connectivity index (χ2n) is 3.36. The summed E-state index contributed by atoms with van der Waals surface area (Å²) in [5.74, 6) is -1.17. The third-order valence-electron chi connectivity index (χ3n) is 1.50. The quantitative estimate of drug-likeness (QED) is 0.453. The van der Waals surface area contributed by atoms with Crippen molar-refractivity contribution in [2.45, 2.75) is 25.9 Å². The molecule has 1 fully saturated rings. The maximum absolute atomic E-state index is 12.3. The molecule has 1 aliphatic heterocycles. The fraction of sp³-hybridized carbons (Fsp3) is 0.600. The molecule has 0 radical (unpaired) electrons. The first-order valence-corrected chi connectivity index (χ1v) is 4.98. The Morgan fingerprint density at radius 3 is 2.16 bits per heavy atom. The fourth-order valence-electron chi connectivity index (χ4n) is 0.732. The van der Waals surface area contributed by atoms with Crippen molar-refractivity contribution in [2.75, 3.05) is 13.2 Å². The van der Waals surface area contributed by atoms with Crippen molar-refractivity contribution in [2.24, 2.45) is 0 Å². The van der Waals surface area contributed by atoms with Crippen LogP contribution in [0, 0.1) is 0 Å². The van der Waals surface area contributed by atoms with Crippen LogP contribution in [0.25, 0.3) is 0 Å². The van der Waals surface area contributed by atoms with Crippen LogP contribution in [0.3, 0.4) is 0 Å². The summed E-state index contributed by atoms with van der Waals surface area (Å²) >= 11 is 0. The fourth-order valence-corrected chi connectivity index (χ4v) is 0.732. The van der Waals surface area contributed by atoms with Gasteiger partial charge in [0.2, 0.25) is 0 Å². The molecule has 110 valence electrons. The van der Waals surface area contributed by atoms with Crippen LogP contribution in [0.15, 0.2) is 12.2 Å². The smallest absolute Gasteiger partial charge is 0.431 e. The number of ether oxygens (including phenoxy) is 3. The summed E-state index contributed by atoms with van der Waals surface area (Å²) in [6.07, 6.45) is -9.69. The van der Waals surface area contributed by atoms with Crippen molar-refractivity contribution in [3.05, 3.63) is 12.2 Å². The van der Waals surface area contributed by atoms with E-state index in [1.54, 1.807) is 0 Å². The largest absolute Gasteiger partial charge is 0.508 e. The van der Waals surface area contributed by atoms with Crippen molar-refractivity contribution in [1.82, 2.24) is 0 Å². The summed E-state index contributed by atoms with van der Waals surface area (Å²) in [4.78, 5) is 20.3. The number of carbonyl (C=O) groups is 2. The highest BCUT2D eigenvalue weighted by Crippen LogP contribution is 2.23. The number of hydrogen-bond acceptors (Lipinski definition) is 5. The van der Waals surface area contributed by atoms with Crippen molar-refractivity contribution in [3.63, 3.8) is 0 Å². The van der Waals surface area contributed by atoms with Gasteiger partial charge in [0.1, 0.15) is 19.6 Å². The average Bonchev–Trinajstić information content (AvgIpc) is 2.66. The standard InChI is InChI=1S/C7H8F4O2.C3H4O3/c1-4(2)6(12)13-5(8)3-7(9,10)11;4-3-5-1-2-6-3/h5H,1,3H2,2H3;1-2H2. The van der Waals surface area contributed by atoms with Gasteiger partial charge in [0.25, 0.3) is 6.36 Å². The molecular weight excluding hydrogens is 276 g/mol. The topological polar surface area (TPSA) is 61.8 Å². The van der Waals surface area contributed by atoms with Gasteiger partial charge in [-0.3, -0.25) is 0 Å². The molecule has 9 heteroatoms. The molecule has 1 rings (SSSR count). The van der Waals surface area contributed by atoms with Gasteiger partial charge in [0.05, 0.1) is 0 Å². The molecule has 19 heavy (non-hydrogen) atoms. The van der Waals surface area contributed by atoms with E-state index < -0.39 is 31.1 Å². The Kier molecular flexibility index (Phi) is 6.87. The summed E-state index contributed by atoms with van der Waals surface area (Å²) in [6, 6.07) is 0. The Labute approximate surface area is 106 Å². The van der Waals surface area contributed by atoms with Crippen LogP contribution in [-0.4, -0.2) is 37.9 Å². The van der Waals surface area contributed by atoms with Crippen LogP contribution in [-0.2, 0) is 19.0 Å². The molecule has 1 unspecified atom stereocenters. The molecule has 5 nitrogen and oxygen atoms in total. The number of rotatable bonds is 3. The number of halogens is 4. The number of alkyl halides is 4. The second kappa shape index (κ2) is 7.59. The van der Waals surface area contributed by atoms with Crippen LogP contribution >= 0.6 is 0 Å². The van der Waals surface area contributed by atoms with Gasteiger partial charge >= 0.3 is 18.3 Å². The molecule has 0 aromatic heterocycles. The van der Waals surface area contributed by atoms with E-state index in [1.807, 2.05) is 0 Å². The van der Waals surface area contributed by atoms with Gasteiger partial charge in [0, 0.05) is 5.57 Å². The summed E-state index contributed by atoms with van der Waals surface area (Å²) in [5.41, 5.74) is -0.148. The van der Waals surface area contributed by atoms with Gasteiger partial charge in [0.15, 0.2) is 0 Å². The third-order valence-corrected chi connectivity index (χ3v) is 1.50. The summed E-state index contributed by atoms with van der Waals surface area (Å²) in [7, 11) is 0. The predicted octanol–water partition coefficient (Wildman–Crippen LogP) is 2.51. The Morgan fingerprint density at radius 2 is 1.89 bits per heavy atom. The lowest BCUT2D eigenvalue weighted by molar-refractivity contribution is -0.188. The molecule has 0 amide bonds. The van der Waals surface area contributed by atoms with E-state index in [2.05, 4.69) is 20.8 Å². The SMILES string of the molecule is C=C(C)C(=O)OC(F)CC(F)(F)F.O=C1OCCO1. The van der Waals surface area contributed by atoms with E-state index in [4.69, 9.17) is 0 Å². The summed E-state index contributed by atoms with van der Waals surface area (Å²) < 4.78 is 59.2. The average molecular weight is 288 g/mol. The lowest BCUT2D eigenvalue weighted by Crippen LogP contribution is -2.21. The first kappa shape index (κ1) is 17.2.